The Balaban J connectivity index is 1.69. The molecule has 0 unspecified atom stereocenters. The van der Waals surface area contributed by atoms with E-state index in [4.69, 9.17) is 4.74 Å². The lowest BCUT2D eigenvalue weighted by atomic mass is 10.2. The molecule has 0 bridgehead atoms. The molecule has 0 saturated carbocycles. The van der Waals surface area contributed by atoms with Crippen LogP contribution >= 0.6 is 11.3 Å². The first kappa shape index (κ1) is 21.4. The highest BCUT2D eigenvalue weighted by atomic mass is 32.1. The van der Waals surface area contributed by atoms with Crippen molar-refractivity contribution in [3.8, 4) is 11.5 Å². The largest absolute Gasteiger partial charge is 0.573 e. The summed E-state index contributed by atoms with van der Waals surface area (Å²) in [5.74, 6) is -0.0211. The molecule has 3 aromatic rings. The highest BCUT2D eigenvalue weighted by molar-refractivity contribution is 7.07. The van der Waals surface area contributed by atoms with Crippen LogP contribution in [0, 0.1) is 0 Å². The molecule has 0 fully saturated rings. The molecular weight excluding hydrogens is 419 g/mol. The van der Waals surface area contributed by atoms with Crippen LogP contribution in [0.2, 0.25) is 0 Å². The predicted molar refractivity (Wildman–Crippen MR) is 107 cm³/mol. The van der Waals surface area contributed by atoms with Crippen molar-refractivity contribution < 1.29 is 27.4 Å². The molecule has 1 heterocycles. The maximum atomic E-state index is 12.3. The van der Waals surface area contributed by atoms with E-state index in [2.05, 4.69) is 15.0 Å². The minimum absolute atomic E-state index is 0.0786. The SMILES string of the molecule is COc1ccccc1N=c1scc(CC(=O)Nc2ccc(OC(F)(F)F)cc2)n1C. The standard InChI is InChI=1S/C20H18F3N3O3S/c1-26-14(12-30-19(26)25-16-5-3-4-6-17(16)28-2)11-18(27)24-13-7-9-15(10-8-13)29-20(21,22)23/h3-10,12H,11H2,1-2H3,(H,24,27). The van der Waals surface area contributed by atoms with Gasteiger partial charge in [-0.3, -0.25) is 4.79 Å². The van der Waals surface area contributed by atoms with E-state index in [1.54, 1.807) is 18.7 Å². The van der Waals surface area contributed by atoms with Crippen LogP contribution in [0.25, 0.3) is 0 Å². The van der Waals surface area contributed by atoms with Crippen LogP contribution in [0.3, 0.4) is 0 Å². The zero-order valence-corrected chi connectivity index (χ0v) is 16.9. The Labute approximate surface area is 174 Å². The number of amides is 1. The van der Waals surface area contributed by atoms with Gasteiger partial charge in [0.25, 0.3) is 0 Å². The molecule has 0 saturated heterocycles. The highest BCUT2D eigenvalue weighted by Crippen LogP contribution is 2.26. The number of methoxy groups -OCH3 is 1. The van der Waals surface area contributed by atoms with E-state index in [9.17, 15) is 18.0 Å². The molecule has 0 spiro atoms. The highest BCUT2D eigenvalue weighted by Gasteiger charge is 2.30. The number of alkyl halides is 3. The number of hydrogen-bond donors (Lipinski definition) is 1. The fraction of sp³-hybridized carbons (Fsp3) is 0.200. The lowest BCUT2D eigenvalue weighted by Gasteiger charge is -2.10. The Bertz CT molecular complexity index is 1090. The smallest absolute Gasteiger partial charge is 0.494 e. The maximum Gasteiger partial charge on any atom is 0.573 e. The summed E-state index contributed by atoms with van der Waals surface area (Å²) >= 11 is 1.38. The van der Waals surface area contributed by atoms with Gasteiger partial charge in [-0.05, 0) is 36.4 Å². The van der Waals surface area contributed by atoms with E-state index >= 15 is 0 Å². The number of carbonyl (C=O) groups excluding carboxylic acids is 1. The van der Waals surface area contributed by atoms with Gasteiger partial charge in [-0.25, -0.2) is 4.99 Å². The fourth-order valence-corrected chi connectivity index (χ4v) is 3.51. The first-order valence-electron chi connectivity index (χ1n) is 8.72. The van der Waals surface area contributed by atoms with Crippen molar-refractivity contribution in [2.24, 2.45) is 12.0 Å². The maximum absolute atomic E-state index is 12.3. The number of benzene rings is 2. The Morgan fingerprint density at radius 2 is 1.87 bits per heavy atom. The molecule has 0 aliphatic carbocycles. The Morgan fingerprint density at radius 1 is 1.17 bits per heavy atom. The second-order valence-corrected chi connectivity index (χ2v) is 6.99. The number of nitrogens with zero attached hydrogens (tertiary/aromatic N) is 2. The molecule has 1 N–H and O–H groups in total. The molecule has 3 rings (SSSR count). The van der Waals surface area contributed by atoms with Crippen LogP contribution in [0.4, 0.5) is 24.5 Å². The molecule has 158 valence electrons. The van der Waals surface area contributed by atoms with Crippen molar-refractivity contribution in [1.29, 1.82) is 0 Å². The van der Waals surface area contributed by atoms with Crippen molar-refractivity contribution in [3.05, 3.63) is 64.4 Å². The number of rotatable bonds is 6. The minimum Gasteiger partial charge on any atom is -0.494 e. The number of thiazole rings is 1. The fourth-order valence-electron chi connectivity index (χ4n) is 2.60. The number of carbonyl (C=O) groups is 1. The van der Waals surface area contributed by atoms with Gasteiger partial charge in [0.2, 0.25) is 5.91 Å². The van der Waals surface area contributed by atoms with Gasteiger partial charge in [0, 0.05) is 23.8 Å². The minimum atomic E-state index is -4.76. The molecule has 1 aromatic heterocycles. The number of para-hydroxylation sites is 2. The molecule has 30 heavy (non-hydrogen) atoms. The van der Waals surface area contributed by atoms with Gasteiger partial charge in [0.05, 0.1) is 13.5 Å². The molecule has 2 aromatic carbocycles. The third kappa shape index (κ3) is 5.63. The van der Waals surface area contributed by atoms with Gasteiger partial charge in [0.1, 0.15) is 17.2 Å². The molecule has 0 aliphatic rings. The normalized spacial score (nSPS) is 12.0. The lowest BCUT2D eigenvalue weighted by Crippen LogP contribution is -2.19. The van der Waals surface area contributed by atoms with Gasteiger partial charge in [-0.15, -0.1) is 24.5 Å². The summed E-state index contributed by atoms with van der Waals surface area (Å²) in [6.45, 7) is 0. The van der Waals surface area contributed by atoms with E-state index in [0.717, 1.165) is 17.8 Å². The van der Waals surface area contributed by atoms with Gasteiger partial charge in [-0.1, -0.05) is 12.1 Å². The summed E-state index contributed by atoms with van der Waals surface area (Å²) in [6, 6.07) is 12.3. The summed E-state index contributed by atoms with van der Waals surface area (Å²) in [5.41, 5.74) is 1.78. The molecular formula is C20H18F3N3O3S. The summed E-state index contributed by atoms with van der Waals surface area (Å²) in [6.07, 6.45) is -4.68. The number of halogens is 3. The second-order valence-electron chi connectivity index (χ2n) is 6.15. The monoisotopic (exact) mass is 437 g/mol. The number of aromatic nitrogens is 1. The second kappa shape index (κ2) is 9.04. The zero-order chi connectivity index (χ0) is 21.7. The predicted octanol–water partition coefficient (Wildman–Crippen LogP) is 4.41. The molecule has 10 heteroatoms. The molecule has 1 amide bonds. The Morgan fingerprint density at radius 3 is 2.53 bits per heavy atom. The van der Waals surface area contributed by atoms with Crippen LogP contribution in [-0.4, -0.2) is 23.9 Å². The van der Waals surface area contributed by atoms with E-state index in [0.29, 0.717) is 21.9 Å². The number of anilines is 1. The molecule has 0 aliphatic heterocycles. The molecule has 0 atom stereocenters. The topological polar surface area (TPSA) is 64.8 Å². The zero-order valence-electron chi connectivity index (χ0n) is 16.1. The van der Waals surface area contributed by atoms with Gasteiger partial charge >= 0.3 is 6.36 Å². The van der Waals surface area contributed by atoms with E-state index in [1.807, 2.05) is 29.6 Å². The van der Waals surface area contributed by atoms with E-state index in [1.165, 1.54) is 23.5 Å². The first-order valence-corrected chi connectivity index (χ1v) is 9.60. The van der Waals surface area contributed by atoms with Crippen molar-refractivity contribution in [2.45, 2.75) is 12.8 Å². The van der Waals surface area contributed by atoms with Gasteiger partial charge in [0.15, 0.2) is 4.80 Å². The Kier molecular flexibility index (Phi) is 6.46. The van der Waals surface area contributed by atoms with Gasteiger partial charge < -0.3 is 19.4 Å². The van der Waals surface area contributed by atoms with E-state index < -0.39 is 6.36 Å². The van der Waals surface area contributed by atoms with Crippen molar-refractivity contribution in [2.75, 3.05) is 12.4 Å². The van der Waals surface area contributed by atoms with Crippen LogP contribution in [0.5, 0.6) is 11.5 Å². The summed E-state index contributed by atoms with van der Waals surface area (Å²) in [7, 11) is 3.37. The van der Waals surface area contributed by atoms with Crippen LogP contribution in [0.15, 0.2) is 58.9 Å². The van der Waals surface area contributed by atoms with E-state index in [-0.39, 0.29) is 18.1 Å². The van der Waals surface area contributed by atoms with Gasteiger partial charge in [-0.2, -0.15) is 0 Å². The van der Waals surface area contributed by atoms with Crippen LogP contribution < -0.4 is 19.6 Å². The first-order chi connectivity index (χ1) is 14.2. The third-order valence-corrected chi connectivity index (χ3v) is 5.00. The number of hydrogen-bond acceptors (Lipinski definition) is 5. The summed E-state index contributed by atoms with van der Waals surface area (Å²) in [5, 5.41) is 4.48. The summed E-state index contributed by atoms with van der Waals surface area (Å²) < 4.78 is 47.5. The molecule has 6 nitrogen and oxygen atoms in total. The van der Waals surface area contributed by atoms with Crippen molar-refractivity contribution >= 4 is 28.6 Å². The van der Waals surface area contributed by atoms with Crippen LogP contribution in [0.1, 0.15) is 5.69 Å². The van der Waals surface area contributed by atoms with Crippen LogP contribution in [-0.2, 0) is 18.3 Å². The van der Waals surface area contributed by atoms with Crippen molar-refractivity contribution in [1.82, 2.24) is 4.57 Å². The summed E-state index contributed by atoms with van der Waals surface area (Å²) in [4.78, 5) is 17.6. The van der Waals surface area contributed by atoms with Crippen molar-refractivity contribution in [3.63, 3.8) is 0 Å². The quantitative estimate of drug-likeness (QED) is 0.622. The number of ether oxygens (including phenoxy) is 2. The number of nitrogens with one attached hydrogen (secondary N) is 1. The Hall–Kier alpha value is -3.27. The third-order valence-electron chi connectivity index (χ3n) is 4.03. The molecule has 0 radical (unpaired) electrons. The lowest BCUT2D eigenvalue weighted by molar-refractivity contribution is -0.274. The average molecular weight is 437 g/mol. The average Bonchev–Trinajstić information content (AvgIpc) is 3.02.